The number of aryl methyl sites for hydroxylation is 3. The van der Waals surface area contributed by atoms with E-state index >= 15 is 0 Å². The maximum Gasteiger partial charge on any atom is 0.274 e. The normalized spacial score (nSPS) is 12.7. The molecule has 0 radical (unpaired) electrons. The highest BCUT2D eigenvalue weighted by atomic mass is 16.6. The van der Waals surface area contributed by atoms with E-state index in [1.807, 2.05) is 0 Å². The zero-order valence-electron chi connectivity index (χ0n) is 14.5. The Morgan fingerprint density at radius 2 is 2.22 bits per heavy atom. The van der Waals surface area contributed by atoms with Gasteiger partial charge in [-0.25, -0.2) is 9.31 Å². The first-order valence-corrected chi connectivity index (χ1v) is 8.61. The Morgan fingerprint density at radius 3 is 3.11 bits per heavy atom. The van der Waals surface area contributed by atoms with E-state index in [9.17, 15) is 4.79 Å². The monoisotopic (exact) mass is 366 g/mol. The highest BCUT2D eigenvalue weighted by Gasteiger charge is 2.16. The molecule has 3 aromatic rings. The Balaban J connectivity index is 1.43. The van der Waals surface area contributed by atoms with Gasteiger partial charge in [-0.2, -0.15) is 0 Å². The summed E-state index contributed by atoms with van der Waals surface area (Å²) in [6, 6.07) is 6.42. The number of aromatic nitrogens is 6. The summed E-state index contributed by atoms with van der Waals surface area (Å²) in [6.45, 7) is 0.212. The van der Waals surface area contributed by atoms with E-state index in [1.54, 1.807) is 4.68 Å². The topological polar surface area (TPSA) is 138 Å². The summed E-state index contributed by atoms with van der Waals surface area (Å²) in [5.74, 6) is 0.154. The van der Waals surface area contributed by atoms with Gasteiger partial charge in [0.05, 0.1) is 0 Å². The molecule has 2 heterocycles. The molecule has 0 fully saturated rings. The van der Waals surface area contributed by atoms with Crippen molar-refractivity contribution in [1.82, 2.24) is 30.5 Å². The molecule has 2 aromatic heterocycles. The van der Waals surface area contributed by atoms with Crippen molar-refractivity contribution in [3.63, 3.8) is 0 Å². The van der Waals surface area contributed by atoms with Crippen LogP contribution in [0.1, 0.15) is 39.4 Å². The molecule has 0 bridgehead atoms. The third kappa shape index (κ3) is 3.54. The van der Waals surface area contributed by atoms with Crippen molar-refractivity contribution in [2.24, 2.45) is 5.73 Å². The lowest BCUT2D eigenvalue weighted by Gasteiger charge is -2.14. The molecule has 0 aliphatic heterocycles. The first kappa shape index (κ1) is 16.9. The van der Waals surface area contributed by atoms with E-state index in [0.717, 1.165) is 25.1 Å². The predicted molar refractivity (Wildman–Crippen MR) is 95.5 cm³/mol. The van der Waals surface area contributed by atoms with Crippen molar-refractivity contribution in [2.45, 2.75) is 32.4 Å². The third-order valence-electron chi connectivity index (χ3n) is 4.49. The average Bonchev–Trinajstić information content (AvgIpc) is 3.33. The molecule has 1 aromatic carbocycles. The second-order valence-corrected chi connectivity index (χ2v) is 6.19. The number of rotatable bonds is 7. The van der Waals surface area contributed by atoms with Gasteiger partial charge in [-0.15, -0.1) is 5.10 Å². The molecule has 3 N–H and O–H groups in total. The number of nitrogens with zero attached hydrogens (tertiary/aromatic N) is 6. The molecule has 10 nitrogen and oxygen atoms in total. The molecule has 27 heavy (non-hydrogen) atoms. The molecule has 138 valence electrons. The molecule has 0 saturated carbocycles. The Bertz CT molecular complexity index is 990. The molecule has 0 saturated heterocycles. The fourth-order valence-electron chi connectivity index (χ4n) is 3.14. The van der Waals surface area contributed by atoms with E-state index in [4.69, 9.17) is 5.73 Å². The van der Waals surface area contributed by atoms with Crippen molar-refractivity contribution in [3.05, 3.63) is 52.5 Å². The number of benzene rings is 1. The number of anilines is 1. The molecule has 4 rings (SSSR count). The largest absolute Gasteiger partial charge is 0.364 e. The van der Waals surface area contributed by atoms with Crippen LogP contribution < -0.4 is 11.1 Å². The number of fused-ring (bicyclic) bond motifs is 1. The molecule has 0 unspecified atom stereocenters. The van der Waals surface area contributed by atoms with Crippen LogP contribution in [0.15, 0.2) is 28.9 Å². The van der Waals surface area contributed by atoms with Gasteiger partial charge in [-0.05, 0) is 56.7 Å². The molecular formula is C17H18N8O2. The van der Waals surface area contributed by atoms with Gasteiger partial charge in [0.15, 0.2) is 5.82 Å². The molecule has 0 atom stereocenters. The van der Waals surface area contributed by atoms with Crippen LogP contribution in [-0.2, 0) is 25.9 Å². The quantitative estimate of drug-likeness (QED) is 0.631. The van der Waals surface area contributed by atoms with Gasteiger partial charge in [0.25, 0.3) is 5.91 Å². The number of hydrogen-bond acceptors (Lipinski definition) is 8. The van der Waals surface area contributed by atoms with Crippen molar-refractivity contribution in [2.75, 3.05) is 5.32 Å². The maximum absolute atomic E-state index is 11.3. The number of nitrogens with one attached hydrogen (secondary N) is 1. The first-order valence-electron chi connectivity index (χ1n) is 8.61. The van der Waals surface area contributed by atoms with Gasteiger partial charge in [-0.1, -0.05) is 30.4 Å². The highest BCUT2D eigenvalue weighted by Crippen LogP contribution is 2.23. The van der Waals surface area contributed by atoms with E-state index in [2.05, 4.69) is 66.1 Å². The molecule has 0 spiro atoms. The maximum atomic E-state index is 11.3. The molecule has 1 amide bonds. The van der Waals surface area contributed by atoms with Crippen LogP contribution in [-0.4, -0.2) is 36.4 Å². The lowest BCUT2D eigenvalue weighted by atomic mass is 9.91. The van der Waals surface area contributed by atoms with Crippen molar-refractivity contribution >= 4 is 17.8 Å². The van der Waals surface area contributed by atoms with Crippen LogP contribution in [0, 0.1) is 0 Å². The first-order chi connectivity index (χ1) is 13.2. The number of carbonyl (C=O) groups is 1. The summed E-state index contributed by atoms with van der Waals surface area (Å²) in [5.41, 5.74) is 9.12. The fourth-order valence-corrected chi connectivity index (χ4v) is 3.14. The Morgan fingerprint density at radius 1 is 1.30 bits per heavy atom. The standard InChI is InChI=1S/C17H18N8O2/c18-16(26)15-17(22-27-21-15)19-10-25-14(20-23-24-25)9-8-12-6-3-5-11-4-1-2-7-13(11)12/h2-3,5-7H,1,4,8-10H2,(H2,18,26)(H,19,22). The Kier molecular flexibility index (Phi) is 4.60. The third-order valence-corrected chi connectivity index (χ3v) is 4.49. The number of amides is 1. The van der Waals surface area contributed by atoms with Crippen molar-refractivity contribution in [3.8, 4) is 0 Å². The summed E-state index contributed by atoms with van der Waals surface area (Å²) >= 11 is 0. The van der Waals surface area contributed by atoms with Crippen LogP contribution >= 0.6 is 0 Å². The van der Waals surface area contributed by atoms with Crippen LogP contribution in [0.25, 0.3) is 6.08 Å². The lowest BCUT2D eigenvalue weighted by molar-refractivity contribution is 0.0991. The van der Waals surface area contributed by atoms with Crippen molar-refractivity contribution < 1.29 is 9.42 Å². The number of carbonyl (C=O) groups excluding carboxylic acids is 1. The average molecular weight is 366 g/mol. The second kappa shape index (κ2) is 7.36. The van der Waals surface area contributed by atoms with E-state index < -0.39 is 5.91 Å². The summed E-state index contributed by atoms with van der Waals surface area (Å²) in [4.78, 5) is 11.3. The van der Waals surface area contributed by atoms with Gasteiger partial charge >= 0.3 is 0 Å². The highest BCUT2D eigenvalue weighted by molar-refractivity contribution is 5.95. The molecule has 1 aliphatic carbocycles. The summed E-state index contributed by atoms with van der Waals surface area (Å²) in [5, 5.41) is 21.8. The zero-order valence-corrected chi connectivity index (χ0v) is 14.5. The number of tetrazole rings is 1. The van der Waals surface area contributed by atoms with Crippen LogP contribution in [0.5, 0.6) is 0 Å². The minimum absolute atomic E-state index is 0.0627. The van der Waals surface area contributed by atoms with E-state index in [-0.39, 0.29) is 18.2 Å². The van der Waals surface area contributed by atoms with Gasteiger partial charge < -0.3 is 11.1 Å². The van der Waals surface area contributed by atoms with Crippen LogP contribution in [0.3, 0.4) is 0 Å². The number of hydrogen-bond donors (Lipinski definition) is 2. The van der Waals surface area contributed by atoms with Gasteiger partial charge in [0.2, 0.25) is 11.5 Å². The SMILES string of the molecule is NC(=O)c1nonc1NCn1nnnc1CCc1cccc2c1C=CCC2. The van der Waals surface area contributed by atoms with E-state index in [1.165, 1.54) is 16.7 Å². The molecule has 10 heteroatoms. The lowest BCUT2D eigenvalue weighted by Crippen LogP contribution is -2.18. The van der Waals surface area contributed by atoms with Crippen LogP contribution in [0.4, 0.5) is 5.82 Å². The molecular weight excluding hydrogens is 348 g/mol. The minimum atomic E-state index is -0.724. The predicted octanol–water partition coefficient (Wildman–Crippen LogP) is 0.969. The number of allylic oxidation sites excluding steroid dienone is 1. The minimum Gasteiger partial charge on any atom is -0.364 e. The summed E-state index contributed by atoms with van der Waals surface area (Å²) < 4.78 is 6.14. The Hall–Kier alpha value is -3.56. The zero-order chi connectivity index (χ0) is 18.6. The number of primary amides is 1. The number of nitrogens with two attached hydrogens (primary N) is 1. The van der Waals surface area contributed by atoms with Gasteiger partial charge in [0, 0.05) is 6.42 Å². The summed E-state index contributed by atoms with van der Waals surface area (Å²) in [7, 11) is 0. The van der Waals surface area contributed by atoms with Crippen molar-refractivity contribution in [1.29, 1.82) is 0 Å². The fraction of sp³-hybridized carbons (Fsp3) is 0.294. The molecule has 1 aliphatic rings. The Labute approximate surface area is 154 Å². The van der Waals surface area contributed by atoms with Gasteiger partial charge in [0.1, 0.15) is 6.67 Å². The van der Waals surface area contributed by atoms with Crippen LogP contribution in [0.2, 0.25) is 0 Å². The smallest absolute Gasteiger partial charge is 0.274 e. The summed E-state index contributed by atoms with van der Waals surface area (Å²) in [6.07, 6.45) is 8.08. The van der Waals surface area contributed by atoms with Gasteiger partial charge in [-0.3, -0.25) is 4.79 Å². The van der Waals surface area contributed by atoms with E-state index in [0.29, 0.717) is 6.42 Å². The second-order valence-electron chi connectivity index (χ2n) is 6.19.